The summed E-state index contributed by atoms with van der Waals surface area (Å²) in [6.45, 7) is 1.81. The minimum atomic E-state index is -0.586. The van der Waals surface area contributed by atoms with Crippen molar-refractivity contribution in [3.8, 4) is 17.5 Å². The molecule has 1 N–H and O–H groups in total. The second-order valence-corrected chi connectivity index (χ2v) is 6.23. The van der Waals surface area contributed by atoms with Gasteiger partial charge in [0.1, 0.15) is 23.1 Å². The Morgan fingerprint density at radius 3 is 2.75 bits per heavy atom. The number of rotatable bonds is 5. The number of hydrogen-bond acceptors (Lipinski definition) is 5. The average molecular weight is 394 g/mol. The van der Waals surface area contributed by atoms with Gasteiger partial charge in [-0.2, -0.15) is 15.2 Å². The maximum absolute atomic E-state index is 12.5. The fourth-order valence-electron chi connectivity index (χ4n) is 2.44. The Bertz CT molecular complexity index is 1080. The first-order valence-electron chi connectivity index (χ1n) is 8.27. The highest BCUT2D eigenvalue weighted by molar-refractivity contribution is 6.31. The molecular weight excluding hydrogens is 378 g/mol. The zero-order valence-electron chi connectivity index (χ0n) is 15.2. The van der Waals surface area contributed by atoms with E-state index in [2.05, 4.69) is 15.5 Å². The molecular formula is C20H16ClN5O2. The minimum absolute atomic E-state index is 0.116. The lowest BCUT2D eigenvalue weighted by Gasteiger charge is -2.11. The van der Waals surface area contributed by atoms with Crippen molar-refractivity contribution >= 4 is 29.3 Å². The number of anilines is 1. The van der Waals surface area contributed by atoms with Crippen LogP contribution in [0.1, 0.15) is 11.3 Å². The van der Waals surface area contributed by atoms with Crippen LogP contribution in [0.5, 0.6) is 5.75 Å². The molecule has 0 radical (unpaired) electrons. The van der Waals surface area contributed by atoms with Crippen LogP contribution in [0.4, 0.5) is 5.69 Å². The monoisotopic (exact) mass is 393 g/mol. The molecule has 140 valence electrons. The first kappa shape index (κ1) is 19.1. The molecule has 1 aromatic heterocycles. The third-order valence-electron chi connectivity index (χ3n) is 3.88. The number of para-hydroxylation sites is 1. The van der Waals surface area contributed by atoms with Gasteiger partial charge in [-0.3, -0.25) is 4.79 Å². The molecule has 1 amide bonds. The second kappa shape index (κ2) is 8.37. The zero-order chi connectivity index (χ0) is 20.1. The van der Waals surface area contributed by atoms with Crippen LogP contribution in [0, 0.1) is 18.3 Å². The number of carbonyl (C=O) groups is 1. The Labute approximate surface area is 166 Å². The fraction of sp³-hybridized carbons (Fsp3) is 0.100. The molecule has 0 fully saturated rings. The van der Waals surface area contributed by atoms with Crippen LogP contribution >= 0.6 is 11.6 Å². The number of halogens is 1. The number of ether oxygens (including phenoxy) is 1. The smallest absolute Gasteiger partial charge is 0.266 e. The topological polar surface area (TPSA) is 92.8 Å². The van der Waals surface area contributed by atoms with Crippen LogP contribution in [0.2, 0.25) is 5.02 Å². The average Bonchev–Trinajstić information content (AvgIpc) is 3.18. The van der Waals surface area contributed by atoms with E-state index in [4.69, 9.17) is 16.3 Å². The van der Waals surface area contributed by atoms with Crippen molar-refractivity contribution in [1.82, 2.24) is 15.0 Å². The quantitative estimate of drug-likeness (QED) is 0.526. The number of benzene rings is 2. The summed E-state index contributed by atoms with van der Waals surface area (Å²) in [4.78, 5) is 14.0. The number of aromatic nitrogens is 3. The lowest BCUT2D eigenvalue weighted by molar-refractivity contribution is -0.112. The maximum Gasteiger partial charge on any atom is 0.266 e. The molecule has 0 aliphatic carbocycles. The summed E-state index contributed by atoms with van der Waals surface area (Å²) in [7, 11) is 1.47. The lowest BCUT2D eigenvalue weighted by atomic mass is 10.1. The normalized spacial score (nSPS) is 11.0. The van der Waals surface area contributed by atoms with Crippen LogP contribution in [0.15, 0.2) is 54.2 Å². The minimum Gasteiger partial charge on any atom is -0.495 e. The van der Waals surface area contributed by atoms with Gasteiger partial charge in [-0.15, -0.1) is 5.10 Å². The van der Waals surface area contributed by atoms with Gasteiger partial charge in [0, 0.05) is 11.1 Å². The first-order chi connectivity index (χ1) is 13.5. The largest absolute Gasteiger partial charge is 0.495 e. The molecule has 2 aromatic carbocycles. The Balaban J connectivity index is 1.84. The van der Waals surface area contributed by atoms with Gasteiger partial charge in [0.15, 0.2) is 0 Å². The first-order valence-corrected chi connectivity index (χ1v) is 8.64. The number of methoxy groups -OCH3 is 1. The third-order valence-corrected chi connectivity index (χ3v) is 4.29. The Kier molecular flexibility index (Phi) is 5.72. The molecule has 0 aliphatic heterocycles. The highest BCUT2D eigenvalue weighted by Gasteiger charge is 2.15. The van der Waals surface area contributed by atoms with Crippen LogP contribution in [-0.4, -0.2) is 28.0 Å². The van der Waals surface area contributed by atoms with E-state index in [0.29, 0.717) is 22.2 Å². The SMILES string of the molecule is COc1cc(Cl)c(C)cc1NC(=O)/C(C#N)=C/c1cnn(-c2ccccc2)n1. The van der Waals surface area contributed by atoms with E-state index < -0.39 is 5.91 Å². The van der Waals surface area contributed by atoms with Crippen LogP contribution in [0.25, 0.3) is 11.8 Å². The van der Waals surface area contributed by atoms with Crippen molar-refractivity contribution in [3.63, 3.8) is 0 Å². The van der Waals surface area contributed by atoms with Gasteiger partial charge in [-0.25, -0.2) is 0 Å². The van der Waals surface area contributed by atoms with Gasteiger partial charge in [0.05, 0.1) is 24.7 Å². The number of carbonyl (C=O) groups excluding carboxylic acids is 1. The molecule has 8 heteroatoms. The van der Waals surface area contributed by atoms with Crippen molar-refractivity contribution in [2.24, 2.45) is 0 Å². The molecule has 3 aromatic rings. The molecule has 1 heterocycles. The summed E-state index contributed by atoms with van der Waals surface area (Å²) >= 11 is 6.08. The molecule has 28 heavy (non-hydrogen) atoms. The standard InChI is InChI=1S/C20H16ClN5O2/c1-13-8-18(19(28-2)10-17(13)21)24-20(27)14(11-22)9-15-12-23-26(25-15)16-6-4-3-5-7-16/h3-10,12H,1-2H3,(H,24,27)/b14-9+. The summed E-state index contributed by atoms with van der Waals surface area (Å²) in [5, 5.41) is 21.0. The molecule has 0 saturated heterocycles. The predicted octanol–water partition coefficient (Wildman–Crippen LogP) is 3.78. The summed E-state index contributed by atoms with van der Waals surface area (Å²) in [6, 6.07) is 14.5. The van der Waals surface area contributed by atoms with Crippen molar-refractivity contribution < 1.29 is 9.53 Å². The fourth-order valence-corrected chi connectivity index (χ4v) is 2.60. The molecule has 0 bridgehead atoms. The van der Waals surface area contributed by atoms with Crippen LogP contribution < -0.4 is 10.1 Å². The van der Waals surface area contributed by atoms with E-state index in [0.717, 1.165) is 11.3 Å². The summed E-state index contributed by atoms with van der Waals surface area (Å²) in [5.74, 6) is -0.187. The molecule has 0 aliphatic rings. The number of amides is 1. The van der Waals surface area contributed by atoms with E-state index in [1.807, 2.05) is 36.4 Å². The Morgan fingerprint density at radius 1 is 1.32 bits per heavy atom. The Morgan fingerprint density at radius 2 is 2.07 bits per heavy atom. The van der Waals surface area contributed by atoms with Crippen LogP contribution in [0.3, 0.4) is 0 Å². The number of nitriles is 1. The number of aryl methyl sites for hydroxylation is 1. The number of nitrogens with zero attached hydrogens (tertiary/aromatic N) is 4. The lowest BCUT2D eigenvalue weighted by Crippen LogP contribution is -2.14. The molecule has 3 rings (SSSR count). The van der Waals surface area contributed by atoms with Gasteiger partial charge in [0.25, 0.3) is 5.91 Å². The van der Waals surface area contributed by atoms with Gasteiger partial charge >= 0.3 is 0 Å². The third kappa shape index (κ3) is 4.19. The second-order valence-electron chi connectivity index (χ2n) is 5.82. The van der Waals surface area contributed by atoms with Crippen LogP contribution in [-0.2, 0) is 4.79 Å². The van der Waals surface area contributed by atoms with E-state index >= 15 is 0 Å². The maximum atomic E-state index is 12.5. The summed E-state index contributed by atoms with van der Waals surface area (Å²) in [5.41, 5.74) is 2.23. The van der Waals surface area contributed by atoms with Gasteiger partial charge in [0.2, 0.25) is 0 Å². The van der Waals surface area contributed by atoms with E-state index in [1.165, 1.54) is 24.2 Å². The van der Waals surface area contributed by atoms with Crippen molar-refractivity contribution in [1.29, 1.82) is 5.26 Å². The molecule has 0 spiro atoms. The van der Waals surface area contributed by atoms with Crippen molar-refractivity contribution in [2.75, 3.05) is 12.4 Å². The van der Waals surface area contributed by atoms with Crippen molar-refractivity contribution in [3.05, 3.63) is 70.5 Å². The zero-order valence-corrected chi connectivity index (χ0v) is 15.9. The summed E-state index contributed by atoms with van der Waals surface area (Å²) in [6.07, 6.45) is 2.85. The van der Waals surface area contributed by atoms with Gasteiger partial charge in [-0.05, 0) is 36.8 Å². The highest BCUT2D eigenvalue weighted by Crippen LogP contribution is 2.31. The molecule has 7 nitrogen and oxygen atoms in total. The van der Waals surface area contributed by atoms with Gasteiger partial charge in [-0.1, -0.05) is 29.8 Å². The molecule has 0 saturated carbocycles. The predicted molar refractivity (Wildman–Crippen MR) is 106 cm³/mol. The van der Waals surface area contributed by atoms with E-state index in [1.54, 1.807) is 19.1 Å². The number of nitrogens with one attached hydrogen (secondary N) is 1. The molecule has 0 atom stereocenters. The number of hydrogen-bond donors (Lipinski definition) is 1. The van der Waals surface area contributed by atoms with E-state index in [9.17, 15) is 10.1 Å². The van der Waals surface area contributed by atoms with Crippen molar-refractivity contribution in [2.45, 2.75) is 6.92 Å². The summed E-state index contributed by atoms with van der Waals surface area (Å²) < 4.78 is 5.24. The van der Waals surface area contributed by atoms with Gasteiger partial charge < -0.3 is 10.1 Å². The Hall–Kier alpha value is -3.63. The molecule has 0 unspecified atom stereocenters. The van der Waals surface area contributed by atoms with E-state index in [-0.39, 0.29) is 5.57 Å². The highest BCUT2D eigenvalue weighted by atomic mass is 35.5.